The summed E-state index contributed by atoms with van der Waals surface area (Å²) in [6.07, 6.45) is -2.08. The summed E-state index contributed by atoms with van der Waals surface area (Å²) in [4.78, 5) is 8.44. The van der Waals surface area contributed by atoms with E-state index in [-0.39, 0.29) is 288 Å². The van der Waals surface area contributed by atoms with Crippen LogP contribution in [-0.4, -0.2) is 11.3 Å². The van der Waals surface area contributed by atoms with Crippen LogP contribution < -0.4 is 301 Å². The first-order chi connectivity index (χ1) is 3.73. The van der Waals surface area contributed by atoms with Gasteiger partial charge in [0, 0.05) is 0 Å². The van der Waals surface area contributed by atoms with Gasteiger partial charge in [0.05, 0.1) is 0 Å². The monoisotopic (exact) mass is 744 g/mol. The zero-order valence-electron chi connectivity index (χ0n) is 8.18. The predicted molar refractivity (Wildman–Crippen MR) is 9.40 cm³/mol. The molecule has 0 aliphatic rings. The third-order valence-corrected chi connectivity index (χ3v) is 0. The summed E-state index contributed by atoms with van der Waals surface area (Å²) in [5.74, 6) is 0. The molecule has 0 bridgehead atoms. The van der Waals surface area contributed by atoms with E-state index in [4.69, 9.17) is 30.9 Å². The fraction of sp³-hybridized carbons (Fsp3) is 0. The van der Waals surface area contributed by atoms with E-state index >= 15 is 0 Å². The molecule has 0 rings (SSSR count). The van der Waals surface area contributed by atoms with E-state index in [1.54, 1.807) is 0 Å². The van der Waals surface area contributed by atoms with Crippen molar-refractivity contribution in [3.63, 3.8) is 0 Å². The molecule has 0 aromatic carbocycles. The van der Waals surface area contributed by atoms with Crippen molar-refractivity contribution in [3.05, 3.63) is 0 Å². The molecule has 0 aliphatic heterocycles. The second-order valence-electron chi connectivity index (χ2n) is 0.674. The molecule has 0 saturated heterocycles. The van der Waals surface area contributed by atoms with Gasteiger partial charge in [-0.2, -0.15) is 0 Å². The van der Waals surface area contributed by atoms with Crippen molar-refractivity contribution >= 4 is 6.16 Å². The standard InChI is InChI=1S/CH2O3.ClH.Cr.4Cs.4O/c2-1(3)4;;;;;;;;;;/h(H2,2,3,4);1H;;;;;;;;;/q;;;4*+1;;;2*-1/p-2. The van der Waals surface area contributed by atoms with Gasteiger partial charge in [-0.1, -0.05) is 0 Å². The molecule has 0 heterocycles. The molecule has 0 amide bonds. The molecular formula is CHClCrCs4O7. The number of halogens is 1. The van der Waals surface area contributed by atoms with E-state index in [1.165, 1.54) is 0 Å². The quantitative estimate of drug-likeness (QED) is 0.260. The van der Waals surface area contributed by atoms with Gasteiger partial charge in [0.2, 0.25) is 6.16 Å². The third kappa shape index (κ3) is 115. The maximum absolute atomic E-state index is 8.59. The van der Waals surface area contributed by atoms with Crippen LogP contribution in [0.4, 0.5) is 4.79 Å². The van der Waals surface area contributed by atoms with E-state index in [0.717, 1.165) is 0 Å². The third-order valence-electron chi connectivity index (χ3n) is 0. The molecule has 0 aromatic rings. The molecule has 0 saturated carbocycles. The Kier molecular flexibility index (Phi) is 88.9. The van der Waals surface area contributed by atoms with Crippen LogP contribution in [0.3, 0.4) is 0 Å². The van der Waals surface area contributed by atoms with Gasteiger partial charge in [-0.05, 0) is 0 Å². The molecule has 1 N–H and O–H groups in total. The molecule has 0 unspecified atom stereocenters. The van der Waals surface area contributed by atoms with E-state index < -0.39 is 19.8 Å². The van der Waals surface area contributed by atoms with Crippen LogP contribution in [0.1, 0.15) is 0 Å². The molecule has 0 aromatic heterocycles. The Morgan fingerprint density at radius 3 is 1.00 bits per heavy atom. The molecule has 0 spiro atoms. The summed E-state index contributed by atoms with van der Waals surface area (Å²) in [5, 5.41) is 15.3. The van der Waals surface area contributed by atoms with Gasteiger partial charge >= 0.3 is 305 Å². The van der Waals surface area contributed by atoms with Crippen LogP contribution in [-0.2, 0) is 21.2 Å². The molecule has 7 nitrogen and oxygen atoms in total. The first-order valence-corrected chi connectivity index (χ1v) is 3.38. The Hall–Kier alpha value is 7.82. The zero-order chi connectivity index (χ0) is 8.08. The second-order valence-corrected chi connectivity index (χ2v) is 1.95. The average molecular weight is 744 g/mol. The van der Waals surface area contributed by atoms with Crippen molar-refractivity contribution in [1.29, 1.82) is 0 Å². The normalized spacial score (nSPS) is 5.86. The van der Waals surface area contributed by atoms with Crippen molar-refractivity contribution in [2.24, 2.45) is 0 Å². The minimum absolute atomic E-state index is 0. The number of hydrogen-bond acceptors (Lipinski definition) is 6. The topological polar surface area (TPSA) is 141 Å². The van der Waals surface area contributed by atoms with Crippen LogP contribution in [0.15, 0.2) is 0 Å². The van der Waals surface area contributed by atoms with Crippen molar-refractivity contribution in [2.75, 3.05) is 0 Å². The Balaban J connectivity index is -0.0000000104. The Bertz CT molecular complexity index is 168. The Labute approximate surface area is 325 Å². The number of hydrogen-bond donors (Lipinski definition) is 1. The zero-order valence-corrected chi connectivity index (χ0v) is 35.3. The first kappa shape index (κ1) is 43.1. The average Bonchev–Trinajstić information content (AvgIpc) is 1.19. The molecule has 0 atom stereocenters. The summed E-state index contributed by atoms with van der Waals surface area (Å²) >= 11 is -5.75. The van der Waals surface area contributed by atoms with E-state index in [2.05, 4.69) is 0 Å². The summed E-state index contributed by atoms with van der Waals surface area (Å²) < 4.78 is 34.4. The van der Waals surface area contributed by atoms with Gasteiger partial charge in [-0.25, -0.2) is 0 Å². The number of carboxylic acid groups (broad SMARTS) is 2. The van der Waals surface area contributed by atoms with Gasteiger partial charge in [-0.15, -0.1) is 0 Å². The molecule has 13 heteroatoms. The molecular weight excluding hydrogens is 743 g/mol. The van der Waals surface area contributed by atoms with Crippen molar-refractivity contribution in [3.8, 4) is 0 Å². The summed E-state index contributed by atoms with van der Waals surface area (Å²) in [6, 6.07) is 0. The van der Waals surface area contributed by atoms with Gasteiger partial charge in [0.1, 0.15) is 0 Å². The first-order valence-electron chi connectivity index (χ1n) is 1.30. The Morgan fingerprint density at radius 1 is 1.00 bits per heavy atom. The van der Waals surface area contributed by atoms with Crippen molar-refractivity contribution < 1.29 is 333 Å². The van der Waals surface area contributed by atoms with Crippen LogP contribution in [0.5, 0.6) is 0 Å². The molecule has 0 aliphatic carbocycles. The fourth-order valence-electron chi connectivity index (χ4n) is 0. The van der Waals surface area contributed by atoms with Crippen LogP contribution >= 0.6 is 0 Å². The summed E-state index contributed by atoms with van der Waals surface area (Å²) in [6.45, 7) is 0. The molecule has 0 fully saturated rings. The number of rotatable bonds is 0. The summed E-state index contributed by atoms with van der Waals surface area (Å²) in [7, 11) is 0. The predicted octanol–water partition coefficient (Wildman–Crippen LogP) is -18.7. The molecule has 0 radical (unpaired) electrons. The summed E-state index contributed by atoms with van der Waals surface area (Å²) in [5.41, 5.74) is 0. The van der Waals surface area contributed by atoms with Crippen molar-refractivity contribution in [2.45, 2.75) is 0 Å². The minimum atomic E-state index is -5.75. The van der Waals surface area contributed by atoms with Gasteiger partial charge < -0.3 is 27.4 Å². The molecule has 64 valence electrons. The van der Waals surface area contributed by atoms with Gasteiger partial charge in [0.25, 0.3) is 0 Å². The van der Waals surface area contributed by atoms with Crippen molar-refractivity contribution in [1.82, 2.24) is 0 Å². The second kappa shape index (κ2) is 28.9. The Morgan fingerprint density at radius 2 is 1.00 bits per heavy atom. The SMILES string of the molecule is O=C([O-])O.[Cl-].[Cs+].[Cs+].[Cs+].[Cs+].[O]=[Cr](=[O])([O-])[O-]. The van der Waals surface area contributed by atoms with Gasteiger partial charge in [0.15, 0.2) is 0 Å². The van der Waals surface area contributed by atoms with Crippen LogP contribution in [0.2, 0.25) is 0 Å². The van der Waals surface area contributed by atoms with E-state index in [0.29, 0.717) is 0 Å². The fourth-order valence-corrected chi connectivity index (χ4v) is 0. The van der Waals surface area contributed by atoms with Crippen LogP contribution in [0, 0.1) is 0 Å². The van der Waals surface area contributed by atoms with E-state index in [1.807, 2.05) is 0 Å². The van der Waals surface area contributed by atoms with E-state index in [9.17, 15) is 0 Å². The maximum atomic E-state index is 8.59. The number of carbonyl (C=O) groups is 1. The van der Waals surface area contributed by atoms with Crippen LogP contribution in [0.25, 0.3) is 0 Å². The van der Waals surface area contributed by atoms with Gasteiger partial charge in [-0.3, -0.25) is 0 Å². The molecule has 14 heavy (non-hydrogen) atoms.